The van der Waals surface area contributed by atoms with Gasteiger partial charge < -0.3 is 18.8 Å². The summed E-state index contributed by atoms with van der Waals surface area (Å²) in [6.45, 7) is 3.97. The number of anilines is 1. The molecule has 0 atom stereocenters. The standard InChI is InChI=1S/C27H24N2O5S/c1-18-6-8-20(9-7-18)25-28-26(27(34-25)29-13-12-19-4-2-3-5-21(19)17-29)35(30,31)22-10-11-23-24(16-22)33-15-14-32-23/h2-11,16H,12-15,17H2,1H3. The van der Waals surface area contributed by atoms with Gasteiger partial charge in [-0.3, -0.25) is 0 Å². The van der Waals surface area contributed by atoms with E-state index in [9.17, 15) is 8.42 Å². The summed E-state index contributed by atoms with van der Waals surface area (Å²) in [6.07, 6.45) is 0.792. The zero-order valence-corrected chi connectivity index (χ0v) is 20.0. The second-order valence-corrected chi connectivity index (χ2v) is 10.6. The summed E-state index contributed by atoms with van der Waals surface area (Å²) in [5.41, 5.74) is 4.23. The van der Waals surface area contributed by atoms with Crippen molar-refractivity contribution >= 4 is 15.7 Å². The lowest BCUT2D eigenvalue weighted by Gasteiger charge is -2.28. The Hall–Kier alpha value is -3.78. The molecule has 0 bridgehead atoms. The third-order valence-corrected chi connectivity index (χ3v) is 8.02. The Kier molecular flexibility index (Phi) is 5.25. The maximum absolute atomic E-state index is 13.9. The van der Waals surface area contributed by atoms with E-state index in [1.165, 1.54) is 17.7 Å². The molecule has 2 aliphatic rings. The van der Waals surface area contributed by atoms with Crippen molar-refractivity contribution in [1.29, 1.82) is 0 Å². The highest BCUT2D eigenvalue weighted by atomic mass is 32.2. The molecule has 0 fully saturated rings. The molecule has 0 saturated heterocycles. The molecule has 6 rings (SSSR count). The number of hydrogen-bond acceptors (Lipinski definition) is 7. The molecule has 0 spiro atoms. The molecule has 3 aromatic carbocycles. The number of oxazole rings is 1. The van der Waals surface area contributed by atoms with E-state index >= 15 is 0 Å². The third-order valence-electron chi connectivity index (χ3n) is 6.37. The minimum atomic E-state index is -4.01. The monoisotopic (exact) mass is 488 g/mol. The molecule has 8 heteroatoms. The topological polar surface area (TPSA) is 81.9 Å². The van der Waals surface area contributed by atoms with Crippen LogP contribution in [0.4, 0.5) is 5.88 Å². The second-order valence-electron chi connectivity index (χ2n) is 8.74. The van der Waals surface area contributed by atoms with Crippen LogP contribution in [0.3, 0.4) is 0 Å². The van der Waals surface area contributed by atoms with E-state index in [0.717, 1.165) is 23.1 Å². The zero-order valence-electron chi connectivity index (χ0n) is 19.2. The number of ether oxygens (including phenoxy) is 2. The van der Waals surface area contributed by atoms with Crippen molar-refractivity contribution in [3.8, 4) is 23.0 Å². The smallest absolute Gasteiger partial charge is 0.236 e. The van der Waals surface area contributed by atoms with E-state index in [4.69, 9.17) is 13.9 Å². The summed E-state index contributed by atoms with van der Waals surface area (Å²) >= 11 is 0. The molecule has 178 valence electrons. The number of fused-ring (bicyclic) bond motifs is 2. The molecule has 2 aliphatic heterocycles. The van der Waals surface area contributed by atoms with Crippen LogP contribution in [0.15, 0.2) is 81.1 Å². The van der Waals surface area contributed by atoms with Crippen molar-refractivity contribution in [2.45, 2.75) is 29.8 Å². The minimum Gasteiger partial charge on any atom is -0.486 e. The van der Waals surface area contributed by atoms with Gasteiger partial charge in [0.05, 0.1) is 4.90 Å². The fourth-order valence-corrected chi connectivity index (χ4v) is 5.80. The first-order chi connectivity index (χ1) is 17.0. The van der Waals surface area contributed by atoms with Crippen molar-refractivity contribution in [1.82, 2.24) is 4.98 Å². The average Bonchev–Trinajstić information content (AvgIpc) is 3.35. The van der Waals surface area contributed by atoms with Crippen molar-refractivity contribution in [2.75, 3.05) is 24.7 Å². The number of nitrogens with zero attached hydrogens (tertiary/aromatic N) is 2. The summed E-state index contributed by atoms with van der Waals surface area (Å²) < 4.78 is 45.1. The van der Waals surface area contributed by atoms with Gasteiger partial charge in [-0.2, -0.15) is 4.98 Å². The zero-order chi connectivity index (χ0) is 24.0. The molecule has 1 aromatic heterocycles. The molecule has 0 amide bonds. The van der Waals surface area contributed by atoms with Crippen molar-refractivity contribution in [2.24, 2.45) is 0 Å². The van der Waals surface area contributed by atoms with Gasteiger partial charge in [0.1, 0.15) is 13.2 Å². The Morgan fingerprint density at radius 3 is 2.43 bits per heavy atom. The molecule has 0 N–H and O–H groups in total. The number of aryl methyl sites for hydroxylation is 1. The fourth-order valence-electron chi connectivity index (χ4n) is 4.46. The van der Waals surface area contributed by atoms with Gasteiger partial charge in [0.25, 0.3) is 0 Å². The number of benzene rings is 3. The first kappa shape index (κ1) is 21.7. The predicted octanol–water partition coefficient (Wildman–Crippen LogP) is 4.82. The van der Waals surface area contributed by atoms with Crippen LogP contribution in [0.5, 0.6) is 11.5 Å². The van der Waals surface area contributed by atoms with E-state index in [0.29, 0.717) is 37.8 Å². The van der Waals surface area contributed by atoms with Crippen LogP contribution >= 0.6 is 0 Å². The van der Waals surface area contributed by atoms with Gasteiger partial charge in [0.2, 0.25) is 26.6 Å². The van der Waals surface area contributed by atoms with Crippen LogP contribution in [0.2, 0.25) is 0 Å². The lowest BCUT2D eigenvalue weighted by atomic mass is 10.0. The Morgan fingerprint density at radius 2 is 1.63 bits per heavy atom. The maximum atomic E-state index is 13.9. The number of hydrogen-bond donors (Lipinski definition) is 0. The van der Waals surface area contributed by atoms with Gasteiger partial charge in [0.15, 0.2) is 11.5 Å². The average molecular weight is 489 g/mol. The molecule has 4 aromatic rings. The lowest BCUT2D eigenvalue weighted by molar-refractivity contribution is 0.171. The minimum absolute atomic E-state index is 0.0872. The maximum Gasteiger partial charge on any atom is 0.236 e. The van der Waals surface area contributed by atoms with Crippen molar-refractivity contribution in [3.63, 3.8) is 0 Å². The predicted molar refractivity (Wildman–Crippen MR) is 131 cm³/mol. The number of sulfone groups is 1. The van der Waals surface area contributed by atoms with Gasteiger partial charge >= 0.3 is 0 Å². The van der Waals surface area contributed by atoms with Crippen LogP contribution in [0.1, 0.15) is 16.7 Å². The molecule has 0 radical (unpaired) electrons. The molecule has 3 heterocycles. The summed E-state index contributed by atoms with van der Waals surface area (Å²) in [5.74, 6) is 1.47. The molecule has 0 aliphatic carbocycles. The van der Waals surface area contributed by atoms with Gasteiger partial charge in [-0.15, -0.1) is 0 Å². The van der Waals surface area contributed by atoms with Gasteiger partial charge in [0, 0.05) is 24.7 Å². The second kappa shape index (κ2) is 8.46. The largest absolute Gasteiger partial charge is 0.486 e. The highest BCUT2D eigenvalue weighted by Gasteiger charge is 2.33. The molecule has 0 unspecified atom stereocenters. The van der Waals surface area contributed by atoms with Crippen LogP contribution in [-0.2, 0) is 22.8 Å². The highest BCUT2D eigenvalue weighted by molar-refractivity contribution is 7.91. The Labute approximate surface area is 203 Å². The van der Waals surface area contributed by atoms with E-state index in [-0.39, 0.29) is 21.7 Å². The van der Waals surface area contributed by atoms with Gasteiger partial charge in [-0.25, -0.2) is 8.42 Å². The molecule has 7 nitrogen and oxygen atoms in total. The Bertz CT molecular complexity index is 1510. The first-order valence-corrected chi connectivity index (χ1v) is 13.0. The third kappa shape index (κ3) is 3.93. The first-order valence-electron chi connectivity index (χ1n) is 11.5. The molecule has 0 saturated carbocycles. The summed E-state index contributed by atoms with van der Waals surface area (Å²) in [6, 6.07) is 20.5. The van der Waals surface area contributed by atoms with Crippen molar-refractivity contribution < 1.29 is 22.3 Å². The van der Waals surface area contributed by atoms with Gasteiger partial charge in [-0.1, -0.05) is 42.0 Å². The van der Waals surface area contributed by atoms with Crippen LogP contribution in [0, 0.1) is 6.92 Å². The molecule has 35 heavy (non-hydrogen) atoms. The highest BCUT2D eigenvalue weighted by Crippen LogP contribution is 2.39. The van der Waals surface area contributed by atoms with E-state index in [1.54, 1.807) is 6.07 Å². The van der Waals surface area contributed by atoms with E-state index in [2.05, 4.69) is 17.1 Å². The Morgan fingerprint density at radius 1 is 0.886 bits per heavy atom. The van der Waals surface area contributed by atoms with E-state index < -0.39 is 9.84 Å². The normalized spacial score (nSPS) is 15.1. The SMILES string of the molecule is Cc1ccc(-c2nc(S(=O)(=O)c3ccc4c(c3)OCCO4)c(N3CCc4ccccc4C3)o2)cc1. The van der Waals surface area contributed by atoms with Crippen LogP contribution in [0.25, 0.3) is 11.5 Å². The summed E-state index contributed by atoms with van der Waals surface area (Å²) in [4.78, 5) is 6.58. The lowest BCUT2D eigenvalue weighted by Crippen LogP contribution is -2.31. The molecular formula is C27H24N2O5S. The molecular weight excluding hydrogens is 464 g/mol. The quantitative estimate of drug-likeness (QED) is 0.407. The Balaban J connectivity index is 1.46. The fraction of sp³-hybridized carbons (Fsp3) is 0.222. The van der Waals surface area contributed by atoms with Gasteiger partial charge in [-0.05, 0) is 48.7 Å². The number of rotatable bonds is 4. The van der Waals surface area contributed by atoms with Crippen LogP contribution in [-0.4, -0.2) is 33.2 Å². The van der Waals surface area contributed by atoms with Crippen molar-refractivity contribution in [3.05, 3.63) is 83.4 Å². The van der Waals surface area contributed by atoms with E-state index in [1.807, 2.05) is 48.2 Å². The summed E-state index contributed by atoms with van der Waals surface area (Å²) in [5, 5.41) is -0.0934. The summed E-state index contributed by atoms with van der Waals surface area (Å²) in [7, 11) is -4.01. The van der Waals surface area contributed by atoms with Crippen LogP contribution < -0.4 is 14.4 Å². The number of aromatic nitrogens is 1.